The van der Waals surface area contributed by atoms with Gasteiger partial charge in [-0.2, -0.15) is 4.37 Å². The molecule has 0 aliphatic carbocycles. The Kier molecular flexibility index (Phi) is 7.23. The molecule has 0 amide bonds. The maximum absolute atomic E-state index is 12.0. The van der Waals surface area contributed by atoms with Gasteiger partial charge in [-0.05, 0) is 31.3 Å². The molecule has 0 saturated heterocycles. The van der Waals surface area contributed by atoms with Crippen LogP contribution >= 0.6 is 23.9 Å². The number of nitrogens with zero attached hydrogens (tertiary/aromatic N) is 1. The van der Waals surface area contributed by atoms with E-state index in [1.165, 1.54) is 11.5 Å². The van der Waals surface area contributed by atoms with Gasteiger partial charge in [-0.15, -0.1) is 12.4 Å². The SMILES string of the molecule is CCCC(=N)CC(C)C(=O)c1csnc1C.Cl. The average molecular weight is 275 g/mol. The summed E-state index contributed by atoms with van der Waals surface area (Å²) >= 11 is 1.32. The second-order valence-corrected chi connectivity index (χ2v) is 4.77. The molecule has 0 fully saturated rings. The zero-order valence-corrected chi connectivity index (χ0v) is 12.1. The highest BCUT2D eigenvalue weighted by Gasteiger charge is 2.19. The van der Waals surface area contributed by atoms with E-state index >= 15 is 0 Å². The van der Waals surface area contributed by atoms with Crippen LogP contribution in [0.1, 0.15) is 49.2 Å². The van der Waals surface area contributed by atoms with Crippen molar-refractivity contribution in [3.05, 3.63) is 16.6 Å². The first-order valence-electron chi connectivity index (χ1n) is 5.57. The minimum absolute atomic E-state index is 0. The first kappa shape index (κ1) is 16.3. The topological polar surface area (TPSA) is 53.8 Å². The first-order valence-corrected chi connectivity index (χ1v) is 6.41. The van der Waals surface area contributed by atoms with Crippen LogP contribution < -0.4 is 0 Å². The monoisotopic (exact) mass is 274 g/mol. The van der Waals surface area contributed by atoms with E-state index in [0.29, 0.717) is 12.1 Å². The molecular formula is C12H19ClN2OS. The van der Waals surface area contributed by atoms with Crippen LogP contribution in [0.3, 0.4) is 0 Å². The molecular weight excluding hydrogens is 256 g/mol. The molecule has 0 spiro atoms. The Morgan fingerprint density at radius 1 is 1.59 bits per heavy atom. The summed E-state index contributed by atoms with van der Waals surface area (Å²) in [6.45, 7) is 5.80. The number of Topliss-reactive ketones (excluding diaryl/α,β-unsaturated/α-hetero) is 1. The highest BCUT2D eigenvalue weighted by Crippen LogP contribution is 2.18. The third-order valence-electron chi connectivity index (χ3n) is 2.57. The van der Waals surface area contributed by atoms with Crippen molar-refractivity contribution in [1.82, 2.24) is 4.37 Å². The minimum Gasteiger partial charge on any atom is -0.310 e. The number of hydrogen-bond acceptors (Lipinski definition) is 4. The Hall–Kier alpha value is -0.740. The number of aryl methyl sites for hydroxylation is 1. The van der Waals surface area contributed by atoms with Crippen LogP contribution in [0.4, 0.5) is 0 Å². The third-order valence-corrected chi connectivity index (χ3v) is 3.29. The lowest BCUT2D eigenvalue weighted by Gasteiger charge is -2.10. The molecule has 1 heterocycles. The maximum atomic E-state index is 12.0. The number of rotatable bonds is 6. The molecule has 3 nitrogen and oxygen atoms in total. The van der Waals surface area contributed by atoms with Gasteiger partial charge in [0.15, 0.2) is 5.78 Å². The van der Waals surface area contributed by atoms with E-state index in [1.54, 1.807) is 5.38 Å². The Labute approximate surface area is 113 Å². The number of hydrogen-bond donors (Lipinski definition) is 1. The van der Waals surface area contributed by atoms with Crippen molar-refractivity contribution in [2.45, 2.75) is 40.0 Å². The summed E-state index contributed by atoms with van der Waals surface area (Å²) in [5.74, 6) is 0.0150. The number of aromatic nitrogens is 1. The van der Waals surface area contributed by atoms with E-state index in [9.17, 15) is 4.79 Å². The van der Waals surface area contributed by atoms with Crippen LogP contribution in [0.15, 0.2) is 5.38 Å². The highest BCUT2D eigenvalue weighted by atomic mass is 35.5. The molecule has 0 aliphatic heterocycles. The van der Waals surface area contributed by atoms with Gasteiger partial charge < -0.3 is 5.41 Å². The summed E-state index contributed by atoms with van der Waals surface area (Å²) in [5.41, 5.74) is 2.20. The Bertz CT molecular complexity index is 390. The first-order chi connectivity index (χ1) is 7.56. The molecule has 0 aromatic carbocycles. The van der Waals surface area contributed by atoms with Gasteiger partial charge in [0.1, 0.15) is 0 Å². The van der Waals surface area contributed by atoms with Crippen molar-refractivity contribution in [1.29, 1.82) is 5.41 Å². The Morgan fingerprint density at radius 3 is 2.71 bits per heavy atom. The minimum atomic E-state index is -0.103. The normalized spacial score (nSPS) is 11.7. The standard InChI is InChI=1S/C12H18N2OS.ClH/c1-4-5-10(13)6-8(2)12(15)11-7-16-14-9(11)3;/h7-8,13H,4-6H2,1-3H3;1H. The Morgan fingerprint density at radius 2 is 2.24 bits per heavy atom. The van der Waals surface area contributed by atoms with Crippen molar-refractivity contribution in [3.63, 3.8) is 0 Å². The van der Waals surface area contributed by atoms with E-state index in [0.717, 1.165) is 24.1 Å². The summed E-state index contributed by atoms with van der Waals surface area (Å²) in [5, 5.41) is 9.53. The predicted octanol–water partition coefficient (Wildman–Crippen LogP) is 3.90. The van der Waals surface area contributed by atoms with Gasteiger partial charge in [0, 0.05) is 17.0 Å². The zero-order valence-electron chi connectivity index (χ0n) is 10.4. The number of halogens is 1. The number of nitrogens with one attached hydrogen (secondary N) is 1. The number of carbonyl (C=O) groups is 1. The van der Waals surface area contributed by atoms with Crippen molar-refractivity contribution >= 4 is 35.4 Å². The molecule has 1 atom stereocenters. The van der Waals surface area contributed by atoms with Gasteiger partial charge in [0.2, 0.25) is 0 Å². The van der Waals surface area contributed by atoms with Crippen molar-refractivity contribution in [2.24, 2.45) is 5.92 Å². The van der Waals surface area contributed by atoms with Crippen LogP contribution in [0, 0.1) is 18.3 Å². The molecule has 0 aliphatic rings. The molecule has 0 saturated carbocycles. The fraction of sp³-hybridized carbons (Fsp3) is 0.583. The van der Waals surface area contributed by atoms with Crippen LogP contribution in [0.2, 0.25) is 0 Å². The highest BCUT2D eigenvalue weighted by molar-refractivity contribution is 7.03. The smallest absolute Gasteiger partial charge is 0.168 e. The second-order valence-electron chi connectivity index (χ2n) is 4.14. The van der Waals surface area contributed by atoms with Gasteiger partial charge in [-0.3, -0.25) is 4.79 Å². The van der Waals surface area contributed by atoms with Crippen LogP contribution in [0.25, 0.3) is 0 Å². The molecule has 1 aromatic rings. The Balaban J connectivity index is 0.00000256. The van der Waals surface area contributed by atoms with E-state index in [-0.39, 0.29) is 24.1 Å². The molecule has 5 heteroatoms. The molecule has 1 rings (SSSR count). The quantitative estimate of drug-likeness (QED) is 0.632. The van der Waals surface area contributed by atoms with E-state index in [1.807, 2.05) is 20.8 Å². The fourth-order valence-electron chi connectivity index (χ4n) is 1.66. The molecule has 1 N–H and O–H groups in total. The van der Waals surface area contributed by atoms with Gasteiger partial charge in [0.05, 0.1) is 11.3 Å². The predicted molar refractivity (Wildman–Crippen MR) is 74.8 cm³/mol. The van der Waals surface area contributed by atoms with Gasteiger partial charge in [0.25, 0.3) is 0 Å². The fourth-order valence-corrected chi connectivity index (χ4v) is 2.36. The lowest BCUT2D eigenvalue weighted by Crippen LogP contribution is -2.15. The summed E-state index contributed by atoms with van der Waals surface area (Å²) in [6, 6.07) is 0. The van der Waals surface area contributed by atoms with Gasteiger partial charge >= 0.3 is 0 Å². The molecule has 1 aromatic heterocycles. The maximum Gasteiger partial charge on any atom is 0.168 e. The van der Waals surface area contributed by atoms with Crippen LogP contribution in [-0.4, -0.2) is 15.9 Å². The van der Waals surface area contributed by atoms with Gasteiger partial charge in [-0.1, -0.05) is 20.3 Å². The van der Waals surface area contributed by atoms with Crippen LogP contribution in [-0.2, 0) is 0 Å². The van der Waals surface area contributed by atoms with Gasteiger partial charge in [-0.25, -0.2) is 0 Å². The molecule has 17 heavy (non-hydrogen) atoms. The van der Waals surface area contributed by atoms with Crippen molar-refractivity contribution in [2.75, 3.05) is 0 Å². The summed E-state index contributed by atoms with van der Waals surface area (Å²) < 4.78 is 4.10. The second kappa shape index (κ2) is 7.56. The van der Waals surface area contributed by atoms with Crippen LogP contribution in [0.5, 0.6) is 0 Å². The van der Waals surface area contributed by atoms with E-state index in [2.05, 4.69) is 4.37 Å². The lowest BCUT2D eigenvalue weighted by molar-refractivity contribution is 0.0932. The third kappa shape index (κ3) is 4.56. The number of ketones is 1. The van der Waals surface area contributed by atoms with E-state index in [4.69, 9.17) is 5.41 Å². The molecule has 1 unspecified atom stereocenters. The largest absolute Gasteiger partial charge is 0.310 e. The van der Waals surface area contributed by atoms with Crippen molar-refractivity contribution in [3.8, 4) is 0 Å². The molecule has 0 bridgehead atoms. The lowest BCUT2D eigenvalue weighted by atomic mass is 9.93. The van der Waals surface area contributed by atoms with E-state index < -0.39 is 0 Å². The average Bonchev–Trinajstić information content (AvgIpc) is 2.63. The summed E-state index contributed by atoms with van der Waals surface area (Å²) in [4.78, 5) is 12.0. The van der Waals surface area contributed by atoms with Crippen molar-refractivity contribution < 1.29 is 4.79 Å². The summed E-state index contributed by atoms with van der Waals surface area (Å²) in [7, 11) is 0. The number of carbonyl (C=O) groups excluding carboxylic acids is 1. The summed E-state index contributed by atoms with van der Waals surface area (Å²) in [6.07, 6.45) is 2.33. The molecule has 0 radical (unpaired) electrons. The zero-order chi connectivity index (χ0) is 12.1. The molecule has 96 valence electrons.